The predicted molar refractivity (Wildman–Crippen MR) is 71.2 cm³/mol. The fourth-order valence-corrected chi connectivity index (χ4v) is 2.71. The summed E-state index contributed by atoms with van der Waals surface area (Å²) in [7, 11) is 0. The highest BCUT2D eigenvalue weighted by Crippen LogP contribution is 2.49. The van der Waals surface area contributed by atoms with E-state index in [1.54, 1.807) is 6.07 Å². The minimum absolute atomic E-state index is 0.219. The molecule has 0 spiro atoms. The fraction of sp³-hybridized carbons (Fsp3) is 0.467. The van der Waals surface area contributed by atoms with Gasteiger partial charge in [-0.3, -0.25) is 4.79 Å². The normalized spacial score (nSPS) is 14.3. The van der Waals surface area contributed by atoms with E-state index in [-0.39, 0.29) is 17.5 Å². The number of fused-ring (bicyclic) bond motifs is 1. The van der Waals surface area contributed by atoms with Crippen LogP contribution in [0.2, 0.25) is 0 Å². The van der Waals surface area contributed by atoms with Gasteiger partial charge in [0.15, 0.2) is 11.2 Å². The number of carbonyl (C=O) groups excluding carboxylic acids is 2. The average molecular weight is 276 g/mol. The number of ether oxygens (including phenoxy) is 2. The van der Waals surface area contributed by atoms with E-state index in [4.69, 9.17) is 13.9 Å². The summed E-state index contributed by atoms with van der Waals surface area (Å²) in [5.41, 5.74) is 0.541. The molecule has 0 aliphatic carbocycles. The average Bonchev–Trinajstić information content (AvgIpc) is 2.91. The summed E-state index contributed by atoms with van der Waals surface area (Å²) in [6.07, 6.45) is 0.710. The molecule has 0 N–H and O–H groups in total. The maximum absolute atomic E-state index is 12.3. The molecule has 2 aromatic heterocycles. The fourth-order valence-electron chi connectivity index (χ4n) is 2.71. The molecule has 0 saturated heterocycles. The number of carbonyl (C=O) groups is 2. The van der Waals surface area contributed by atoms with E-state index < -0.39 is 11.4 Å². The van der Waals surface area contributed by atoms with Crippen LogP contribution in [0.3, 0.4) is 0 Å². The zero-order chi connectivity index (χ0) is 14.7. The maximum atomic E-state index is 12.3. The van der Waals surface area contributed by atoms with Crippen molar-refractivity contribution in [2.45, 2.75) is 34.1 Å². The van der Waals surface area contributed by atoms with Crippen molar-refractivity contribution < 1.29 is 23.5 Å². The highest BCUT2D eigenvalue weighted by molar-refractivity contribution is 6.10. The van der Waals surface area contributed by atoms with Crippen molar-refractivity contribution in [2.24, 2.45) is 11.3 Å². The van der Waals surface area contributed by atoms with Crippen LogP contribution in [0.25, 0.3) is 11.2 Å². The lowest BCUT2D eigenvalue weighted by Crippen LogP contribution is -2.30. The first kappa shape index (κ1) is 13.0. The number of hydrogen-bond donors (Lipinski definition) is 0. The summed E-state index contributed by atoms with van der Waals surface area (Å²) in [5.74, 6) is 0.0188. The van der Waals surface area contributed by atoms with E-state index in [2.05, 4.69) is 13.8 Å². The van der Waals surface area contributed by atoms with Gasteiger partial charge in [-0.15, -0.1) is 0 Å². The van der Waals surface area contributed by atoms with E-state index in [1.165, 1.54) is 0 Å². The van der Waals surface area contributed by atoms with Crippen LogP contribution in [0.1, 0.15) is 44.5 Å². The van der Waals surface area contributed by atoms with Gasteiger partial charge in [-0.2, -0.15) is 0 Å². The topological polar surface area (TPSA) is 65.7 Å². The Balaban J connectivity index is 1.85. The second-order valence-electron chi connectivity index (χ2n) is 6.27. The Morgan fingerprint density at radius 2 is 2.10 bits per heavy atom. The molecule has 0 fully saturated rings. The van der Waals surface area contributed by atoms with Crippen LogP contribution in [0.15, 0.2) is 10.5 Å². The smallest absolute Gasteiger partial charge is 0.347 e. The van der Waals surface area contributed by atoms with E-state index >= 15 is 0 Å². The van der Waals surface area contributed by atoms with Crippen molar-refractivity contribution in [1.29, 1.82) is 0 Å². The highest BCUT2D eigenvalue weighted by atomic mass is 16.6. The van der Waals surface area contributed by atoms with Crippen LogP contribution < -0.4 is 9.47 Å². The van der Waals surface area contributed by atoms with Crippen molar-refractivity contribution in [2.75, 3.05) is 0 Å². The second kappa shape index (κ2) is 3.98. The molecule has 0 amide bonds. The molecule has 106 valence electrons. The summed E-state index contributed by atoms with van der Waals surface area (Å²) in [6, 6.07) is 1.55. The van der Waals surface area contributed by atoms with Gasteiger partial charge in [-0.25, -0.2) is 4.79 Å². The van der Waals surface area contributed by atoms with Crippen LogP contribution in [0, 0.1) is 11.3 Å². The standard InChI is InChI=1S/C15H16O5/c1-7(2)6-15(3,4)14(17)20-11-9-5-8-10(18-9)12(11)19-13(8)16/h5,7H,6H2,1-4H3. The van der Waals surface area contributed by atoms with Crippen LogP contribution in [0.4, 0.5) is 0 Å². The van der Waals surface area contributed by atoms with Gasteiger partial charge in [0.05, 0.1) is 5.41 Å². The van der Waals surface area contributed by atoms with Gasteiger partial charge in [0.25, 0.3) is 0 Å². The van der Waals surface area contributed by atoms with Crippen LogP contribution in [-0.2, 0) is 4.79 Å². The quantitative estimate of drug-likeness (QED) is 0.632. The lowest BCUT2D eigenvalue weighted by molar-refractivity contribution is -0.144. The van der Waals surface area contributed by atoms with Crippen molar-refractivity contribution in [3.8, 4) is 11.5 Å². The summed E-state index contributed by atoms with van der Waals surface area (Å²) in [5, 5.41) is 0. The van der Waals surface area contributed by atoms with E-state index in [0.29, 0.717) is 29.1 Å². The zero-order valence-electron chi connectivity index (χ0n) is 11.9. The third-order valence-corrected chi connectivity index (χ3v) is 3.45. The minimum atomic E-state index is -0.607. The van der Waals surface area contributed by atoms with Gasteiger partial charge in [-0.1, -0.05) is 13.8 Å². The molecule has 0 aromatic carbocycles. The molecule has 2 bridgehead atoms. The van der Waals surface area contributed by atoms with Gasteiger partial charge < -0.3 is 13.9 Å². The van der Waals surface area contributed by atoms with Crippen molar-refractivity contribution in [3.05, 3.63) is 11.6 Å². The molecular formula is C15H16O5. The summed E-state index contributed by atoms with van der Waals surface area (Å²) in [4.78, 5) is 23.8. The second-order valence-corrected chi connectivity index (χ2v) is 6.27. The van der Waals surface area contributed by atoms with Gasteiger partial charge in [-0.05, 0) is 26.2 Å². The van der Waals surface area contributed by atoms with Crippen molar-refractivity contribution in [1.82, 2.24) is 0 Å². The third kappa shape index (κ3) is 1.77. The molecule has 3 rings (SSSR count). The monoisotopic (exact) mass is 276 g/mol. The zero-order valence-corrected chi connectivity index (χ0v) is 11.9. The van der Waals surface area contributed by atoms with E-state index in [1.807, 2.05) is 13.8 Å². The predicted octanol–water partition coefficient (Wildman–Crippen LogP) is 3.38. The summed E-state index contributed by atoms with van der Waals surface area (Å²) in [6.45, 7) is 7.79. The molecule has 3 heterocycles. The van der Waals surface area contributed by atoms with E-state index in [0.717, 1.165) is 0 Å². The first-order chi connectivity index (χ1) is 9.29. The molecule has 1 aliphatic rings. The first-order valence-corrected chi connectivity index (χ1v) is 6.63. The number of benzene rings is 1. The van der Waals surface area contributed by atoms with Crippen molar-refractivity contribution >= 4 is 23.1 Å². The van der Waals surface area contributed by atoms with Gasteiger partial charge in [0.2, 0.25) is 11.5 Å². The Hall–Kier alpha value is -2.04. The SMILES string of the molecule is CC(C)CC(C)(C)C(=O)Oc1c2c3oc1cc3C(=O)O2. The van der Waals surface area contributed by atoms with Gasteiger partial charge in [0, 0.05) is 6.07 Å². The van der Waals surface area contributed by atoms with Gasteiger partial charge >= 0.3 is 11.9 Å². The Morgan fingerprint density at radius 1 is 1.40 bits per heavy atom. The number of rotatable bonds is 4. The van der Waals surface area contributed by atoms with Gasteiger partial charge in [0.1, 0.15) is 5.56 Å². The van der Waals surface area contributed by atoms with Crippen LogP contribution in [-0.4, -0.2) is 11.9 Å². The van der Waals surface area contributed by atoms with E-state index in [9.17, 15) is 9.59 Å². The molecule has 5 heteroatoms. The molecule has 0 unspecified atom stereocenters. The Kier molecular flexibility index (Phi) is 2.58. The summed E-state index contributed by atoms with van der Waals surface area (Å²) >= 11 is 0. The Labute approximate surface area is 116 Å². The Bertz CT molecular complexity index is 692. The molecule has 5 nitrogen and oxygen atoms in total. The highest BCUT2D eigenvalue weighted by Gasteiger charge is 2.39. The Morgan fingerprint density at radius 3 is 2.75 bits per heavy atom. The molecule has 0 radical (unpaired) electrons. The largest absolute Gasteiger partial charge is 0.448 e. The number of esters is 2. The molecule has 2 aromatic rings. The molecular weight excluding hydrogens is 260 g/mol. The van der Waals surface area contributed by atoms with Crippen molar-refractivity contribution in [3.63, 3.8) is 0 Å². The molecule has 0 atom stereocenters. The molecule has 1 aliphatic heterocycles. The van der Waals surface area contributed by atoms with Crippen LogP contribution >= 0.6 is 0 Å². The number of hydrogen-bond acceptors (Lipinski definition) is 5. The molecule has 20 heavy (non-hydrogen) atoms. The maximum Gasteiger partial charge on any atom is 0.347 e. The molecule has 0 saturated carbocycles. The summed E-state index contributed by atoms with van der Waals surface area (Å²) < 4.78 is 15.9. The lowest BCUT2D eigenvalue weighted by Gasteiger charge is -2.23. The van der Waals surface area contributed by atoms with Crippen LogP contribution in [0.5, 0.6) is 11.5 Å². The third-order valence-electron chi connectivity index (χ3n) is 3.45. The lowest BCUT2D eigenvalue weighted by atomic mass is 9.84. The first-order valence-electron chi connectivity index (χ1n) is 6.63. The minimum Gasteiger partial charge on any atom is -0.448 e. The number of furan rings is 2.